The van der Waals surface area contributed by atoms with Crippen LogP contribution in [0.15, 0.2) is 27.8 Å². The minimum atomic E-state index is -1.25. The summed E-state index contributed by atoms with van der Waals surface area (Å²) in [4.78, 5) is 45.0. The number of benzene rings is 2. The number of nitrogens with zero attached hydrogens (tertiary/aromatic N) is 2. The maximum atomic E-state index is 12.3. The second kappa shape index (κ2) is 7.65. The fourth-order valence-corrected chi connectivity index (χ4v) is 2.84. The summed E-state index contributed by atoms with van der Waals surface area (Å²) in [5, 5.41) is 22.9. The zero-order valence-corrected chi connectivity index (χ0v) is 15.4. The van der Waals surface area contributed by atoms with Gasteiger partial charge in [-0.3, -0.25) is 9.59 Å². The van der Waals surface area contributed by atoms with Crippen molar-refractivity contribution in [3.8, 4) is 5.75 Å². The van der Waals surface area contributed by atoms with Gasteiger partial charge in [-0.05, 0) is 25.7 Å². The van der Waals surface area contributed by atoms with Gasteiger partial charge in [0.1, 0.15) is 22.3 Å². The third-order valence-corrected chi connectivity index (χ3v) is 4.55. The van der Waals surface area contributed by atoms with Crippen molar-refractivity contribution in [1.82, 2.24) is 20.2 Å². The molecule has 0 bridgehead atoms. The molecule has 0 saturated carbocycles. The molecule has 3 aromatic rings. The molecule has 1 heterocycles. The lowest BCUT2D eigenvalue weighted by Crippen LogP contribution is -2.28. The normalized spacial score (nSPS) is 12.2. The molecular weight excluding hydrogens is 364 g/mol. The van der Waals surface area contributed by atoms with E-state index in [-0.39, 0.29) is 38.6 Å². The number of likely N-dealkylation sites (N-methyl/N-ethyl adjacent to an activating group) is 1. The smallest absolute Gasteiger partial charge is 0.337 e. The summed E-state index contributed by atoms with van der Waals surface area (Å²) in [6, 6.07) is 3.31. The molecule has 0 spiro atoms. The molecule has 2 aromatic carbocycles. The van der Waals surface area contributed by atoms with Gasteiger partial charge < -0.3 is 25.4 Å². The van der Waals surface area contributed by atoms with E-state index in [9.17, 15) is 24.6 Å². The molecular formula is C19H20N4O5. The summed E-state index contributed by atoms with van der Waals surface area (Å²) in [5.41, 5.74) is -1.25. The van der Waals surface area contributed by atoms with Gasteiger partial charge >= 0.3 is 5.97 Å². The quantitative estimate of drug-likeness (QED) is 0.340. The Morgan fingerprint density at radius 1 is 1.25 bits per heavy atom. The van der Waals surface area contributed by atoms with Gasteiger partial charge in [0.25, 0.3) is 0 Å². The summed E-state index contributed by atoms with van der Waals surface area (Å²) < 4.78 is 0. The highest BCUT2D eigenvalue weighted by Gasteiger charge is 2.16. The predicted molar refractivity (Wildman–Crippen MR) is 106 cm³/mol. The number of aromatic hydroxyl groups is 1. The average molecular weight is 384 g/mol. The zero-order chi connectivity index (χ0) is 20.4. The van der Waals surface area contributed by atoms with E-state index in [0.29, 0.717) is 6.54 Å². The molecule has 0 aliphatic heterocycles. The first-order valence-electron chi connectivity index (χ1n) is 8.71. The molecule has 4 N–H and O–H groups in total. The molecule has 9 heteroatoms. The molecule has 1 aromatic heterocycles. The van der Waals surface area contributed by atoms with Crippen LogP contribution < -0.4 is 21.4 Å². The van der Waals surface area contributed by atoms with Gasteiger partial charge in [0, 0.05) is 25.4 Å². The maximum absolute atomic E-state index is 12.3. The zero-order valence-electron chi connectivity index (χ0n) is 15.4. The number of rotatable bonds is 6. The number of aromatic amines is 1. The van der Waals surface area contributed by atoms with Gasteiger partial charge in [-0.15, -0.1) is 0 Å². The van der Waals surface area contributed by atoms with E-state index in [1.165, 1.54) is 12.3 Å². The van der Waals surface area contributed by atoms with Crippen LogP contribution in [0.5, 0.6) is 5.75 Å². The van der Waals surface area contributed by atoms with Gasteiger partial charge in [-0.2, -0.15) is 0 Å². The monoisotopic (exact) mass is 384 g/mol. The van der Waals surface area contributed by atoms with Crippen LogP contribution in [0.3, 0.4) is 0 Å². The van der Waals surface area contributed by atoms with Crippen LogP contribution in [0.4, 0.5) is 0 Å². The topological polar surface area (TPSA) is 136 Å². The van der Waals surface area contributed by atoms with Gasteiger partial charge in [-0.1, -0.05) is 6.92 Å². The number of hydrogen-bond donors (Lipinski definition) is 4. The number of carbonyl (C=O) groups is 1. The summed E-state index contributed by atoms with van der Waals surface area (Å²) in [7, 11) is 1.97. The highest BCUT2D eigenvalue weighted by Crippen LogP contribution is 2.15. The number of carboxylic acids is 1. The van der Waals surface area contributed by atoms with Gasteiger partial charge in [0.15, 0.2) is 0 Å². The van der Waals surface area contributed by atoms with E-state index in [1.54, 1.807) is 0 Å². The van der Waals surface area contributed by atoms with Gasteiger partial charge in [0.2, 0.25) is 10.9 Å². The first-order valence-corrected chi connectivity index (χ1v) is 8.71. The molecule has 28 heavy (non-hydrogen) atoms. The predicted octanol–water partition coefficient (Wildman–Crippen LogP) is -0.161. The van der Waals surface area contributed by atoms with Crippen LogP contribution in [0.25, 0.3) is 28.3 Å². The van der Waals surface area contributed by atoms with Crippen molar-refractivity contribution in [3.05, 3.63) is 49.4 Å². The third-order valence-electron chi connectivity index (χ3n) is 4.55. The van der Waals surface area contributed by atoms with E-state index < -0.39 is 16.8 Å². The first kappa shape index (κ1) is 19.3. The molecule has 9 nitrogen and oxygen atoms in total. The fraction of sp³-hybridized carbons (Fsp3) is 0.263. The summed E-state index contributed by atoms with van der Waals surface area (Å²) in [6.07, 6.45) is 1.53. The molecule has 0 aliphatic rings. The molecule has 0 aliphatic carbocycles. The number of fused-ring (bicyclic) bond motifs is 2. The molecule has 146 valence electrons. The molecule has 0 amide bonds. The lowest BCUT2D eigenvalue weighted by molar-refractivity contribution is 0.0699. The molecule has 0 saturated heterocycles. The Bertz CT molecular complexity index is 1240. The van der Waals surface area contributed by atoms with Crippen LogP contribution in [0.1, 0.15) is 17.3 Å². The van der Waals surface area contributed by atoms with Gasteiger partial charge in [0.05, 0.1) is 16.3 Å². The first-order chi connectivity index (χ1) is 13.3. The number of aromatic nitrogens is 2. The van der Waals surface area contributed by atoms with Crippen LogP contribution in [0, 0.1) is 0 Å². The Kier molecular flexibility index (Phi) is 5.27. The number of phenolic OH excluding ortho intramolecular Hbond substituents is 1. The summed E-state index contributed by atoms with van der Waals surface area (Å²) in [5.74, 6) is -1.53. The Morgan fingerprint density at radius 3 is 2.68 bits per heavy atom. The second-order valence-corrected chi connectivity index (χ2v) is 6.40. The minimum absolute atomic E-state index is 0.0112. The Labute approximate surface area is 158 Å². The second-order valence-electron chi connectivity index (χ2n) is 6.40. The van der Waals surface area contributed by atoms with Crippen molar-refractivity contribution < 1.29 is 15.0 Å². The molecule has 0 atom stereocenters. The summed E-state index contributed by atoms with van der Waals surface area (Å²) >= 11 is 0. The molecule has 0 unspecified atom stereocenters. The highest BCUT2D eigenvalue weighted by atomic mass is 16.4. The Balaban J connectivity index is 2.24. The van der Waals surface area contributed by atoms with Gasteiger partial charge in [-0.25, -0.2) is 9.78 Å². The van der Waals surface area contributed by atoms with Crippen molar-refractivity contribution >= 4 is 34.2 Å². The van der Waals surface area contributed by atoms with E-state index in [1.807, 2.05) is 14.0 Å². The summed E-state index contributed by atoms with van der Waals surface area (Å²) in [6.45, 7) is 4.28. The number of phenols is 1. The van der Waals surface area contributed by atoms with Crippen molar-refractivity contribution in [2.45, 2.75) is 6.92 Å². The van der Waals surface area contributed by atoms with E-state index in [0.717, 1.165) is 25.2 Å². The standard InChI is InChI=1S/C19H20N4O5/c1-3-23(2)7-6-20-9-11-13(25)8-14(26)18-16(11)22-17-12(24)5-4-10(19(27)28)15(17)21-18/h4-5,8-9,20-21,25H,3,6-7H2,1-2H3,(H,27,28). The lowest BCUT2D eigenvalue weighted by atomic mass is 10.1. The van der Waals surface area contributed by atoms with Crippen LogP contribution >= 0.6 is 0 Å². The largest absolute Gasteiger partial charge is 0.507 e. The lowest BCUT2D eigenvalue weighted by Gasteiger charge is -2.13. The van der Waals surface area contributed by atoms with Crippen LogP contribution in [-0.4, -0.2) is 57.7 Å². The number of nitrogens with one attached hydrogen (secondary N) is 2. The molecule has 0 fully saturated rings. The average Bonchev–Trinajstić information content (AvgIpc) is 2.66. The van der Waals surface area contributed by atoms with Crippen molar-refractivity contribution in [3.63, 3.8) is 0 Å². The van der Waals surface area contributed by atoms with E-state index in [2.05, 4.69) is 20.2 Å². The van der Waals surface area contributed by atoms with Crippen molar-refractivity contribution in [1.29, 1.82) is 0 Å². The van der Waals surface area contributed by atoms with Crippen molar-refractivity contribution in [2.24, 2.45) is 0 Å². The number of carboxylic acid groups (broad SMARTS) is 1. The maximum Gasteiger partial charge on any atom is 0.337 e. The Hall–Kier alpha value is -3.46. The number of H-pyrrole nitrogens is 1. The van der Waals surface area contributed by atoms with E-state index >= 15 is 0 Å². The fourth-order valence-electron chi connectivity index (χ4n) is 2.84. The van der Waals surface area contributed by atoms with Crippen LogP contribution in [-0.2, 0) is 0 Å². The minimum Gasteiger partial charge on any atom is -0.507 e. The number of hydrogen-bond acceptors (Lipinski definition) is 7. The molecule has 3 rings (SSSR count). The SMILES string of the molecule is CCN(C)CCNC=c1c(O)cc(=O)c2[nH]c3c(C(=O)O)ccc(=O)c3nc12. The van der Waals surface area contributed by atoms with Crippen LogP contribution in [0.2, 0.25) is 0 Å². The Morgan fingerprint density at radius 2 is 2.00 bits per heavy atom. The van der Waals surface area contributed by atoms with E-state index in [4.69, 9.17) is 0 Å². The van der Waals surface area contributed by atoms with Crippen molar-refractivity contribution in [2.75, 3.05) is 26.7 Å². The molecule has 0 radical (unpaired) electrons. The third kappa shape index (κ3) is 3.52. The highest BCUT2D eigenvalue weighted by molar-refractivity contribution is 6.02. The number of aromatic carboxylic acids is 1.